The Kier molecular flexibility index (Phi) is 9.48. The molecule has 2 aromatic carbocycles. The van der Waals surface area contributed by atoms with E-state index < -0.39 is 5.82 Å². The first-order valence-corrected chi connectivity index (χ1v) is 13.9. The molecule has 0 saturated carbocycles. The Balaban J connectivity index is 1.21. The van der Waals surface area contributed by atoms with Crippen molar-refractivity contribution in [3.05, 3.63) is 77.9 Å². The zero-order valence-electron chi connectivity index (χ0n) is 22.9. The number of morpholine rings is 1. The number of hydrogen-bond acceptors (Lipinski definition) is 7. The van der Waals surface area contributed by atoms with Crippen molar-refractivity contribution in [3.63, 3.8) is 0 Å². The van der Waals surface area contributed by atoms with Crippen LogP contribution >= 0.6 is 0 Å². The molecule has 5 rings (SSSR count). The molecule has 11 heteroatoms. The highest BCUT2D eigenvalue weighted by molar-refractivity contribution is 5.96. The Hall–Kier alpha value is -3.96. The summed E-state index contributed by atoms with van der Waals surface area (Å²) in [5.41, 5.74) is 1.66. The summed E-state index contributed by atoms with van der Waals surface area (Å²) in [7, 11) is 0. The molecule has 216 valence electrons. The van der Waals surface area contributed by atoms with Gasteiger partial charge in [0.1, 0.15) is 18.2 Å². The van der Waals surface area contributed by atoms with Crippen molar-refractivity contribution in [1.82, 2.24) is 24.9 Å². The Morgan fingerprint density at radius 1 is 0.854 bits per heavy atom. The first kappa shape index (κ1) is 28.6. The van der Waals surface area contributed by atoms with E-state index in [1.807, 2.05) is 12.1 Å². The smallest absolute Gasteiger partial charge is 0.254 e. The van der Waals surface area contributed by atoms with Gasteiger partial charge in [-0.15, -0.1) is 10.2 Å². The first-order chi connectivity index (χ1) is 20.0. The van der Waals surface area contributed by atoms with Gasteiger partial charge in [0.25, 0.3) is 5.91 Å². The summed E-state index contributed by atoms with van der Waals surface area (Å²) in [4.78, 5) is 34.4. The molecule has 0 radical (unpaired) electrons. The highest BCUT2D eigenvalue weighted by atomic mass is 19.1. The Morgan fingerprint density at radius 3 is 2.39 bits per heavy atom. The van der Waals surface area contributed by atoms with Crippen molar-refractivity contribution in [1.29, 1.82) is 0 Å². The van der Waals surface area contributed by atoms with E-state index >= 15 is 0 Å². The fourth-order valence-corrected chi connectivity index (χ4v) is 5.07. The summed E-state index contributed by atoms with van der Waals surface area (Å²) >= 11 is 0. The van der Waals surface area contributed by atoms with Crippen molar-refractivity contribution in [3.8, 4) is 11.3 Å². The zero-order valence-corrected chi connectivity index (χ0v) is 22.9. The van der Waals surface area contributed by atoms with Crippen LogP contribution in [0.1, 0.15) is 16.8 Å². The molecule has 0 unspecified atom stereocenters. The van der Waals surface area contributed by atoms with Gasteiger partial charge in [-0.2, -0.15) is 0 Å². The SMILES string of the molecule is O=C(CN(CCN1CCOCC1)C(=O)c1cccc(F)c1)N1CCCN(c2ccc(-c3ccc(F)cc3)nn2)CC1. The number of aromatic nitrogens is 2. The lowest BCUT2D eigenvalue weighted by Crippen LogP contribution is -2.47. The standard InChI is InChI=1S/C30H34F2N6O3/c31-25-7-5-23(6-8-25)27-9-10-28(34-33-27)36-11-2-12-37(16-15-36)29(39)22-38(14-13-35-17-19-41-20-18-35)30(40)24-3-1-4-26(32)21-24/h1,3-10,21H,2,11-20,22H2. The van der Waals surface area contributed by atoms with Crippen molar-refractivity contribution < 1.29 is 23.1 Å². The summed E-state index contributed by atoms with van der Waals surface area (Å²) in [5.74, 6) is -0.591. The minimum absolute atomic E-state index is 0.0775. The van der Waals surface area contributed by atoms with Gasteiger partial charge in [-0.3, -0.25) is 14.5 Å². The van der Waals surface area contributed by atoms with Gasteiger partial charge >= 0.3 is 0 Å². The number of rotatable bonds is 8. The molecule has 3 heterocycles. The molecule has 0 N–H and O–H groups in total. The third kappa shape index (κ3) is 7.62. The third-order valence-corrected chi connectivity index (χ3v) is 7.44. The lowest BCUT2D eigenvalue weighted by molar-refractivity contribution is -0.131. The van der Waals surface area contributed by atoms with Crippen LogP contribution in [0.2, 0.25) is 0 Å². The summed E-state index contributed by atoms with van der Waals surface area (Å²) in [6.45, 7) is 6.02. The van der Waals surface area contributed by atoms with Crippen LogP contribution in [0.3, 0.4) is 0 Å². The molecule has 2 amide bonds. The van der Waals surface area contributed by atoms with Crippen LogP contribution in [0.5, 0.6) is 0 Å². The molecule has 2 saturated heterocycles. The largest absolute Gasteiger partial charge is 0.379 e. The molecule has 0 spiro atoms. The molecule has 41 heavy (non-hydrogen) atoms. The molecule has 9 nitrogen and oxygen atoms in total. The quantitative estimate of drug-likeness (QED) is 0.416. The molecular weight excluding hydrogens is 530 g/mol. The number of nitrogens with zero attached hydrogens (tertiary/aromatic N) is 6. The number of carbonyl (C=O) groups excluding carboxylic acids is 2. The Morgan fingerprint density at radius 2 is 1.66 bits per heavy atom. The van der Waals surface area contributed by atoms with E-state index in [9.17, 15) is 18.4 Å². The van der Waals surface area contributed by atoms with Gasteiger partial charge in [-0.1, -0.05) is 6.07 Å². The maximum Gasteiger partial charge on any atom is 0.254 e. The predicted molar refractivity (Wildman–Crippen MR) is 150 cm³/mol. The van der Waals surface area contributed by atoms with Crippen LogP contribution in [-0.2, 0) is 9.53 Å². The number of benzene rings is 2. The number of hydrogen-bond donors (Lipinski definition) is 0. The van der Waals surface area contributed by atoms with Crippen LogP contribution in [-0.4, -0.2) is 109 Å². The van der Waals surface area contributed by atoms with Gasteiger partial charge in [-0.05, 0) is 61.0 Å². The van der Waals surface area contributed by atoms with Crippen LogP contribution in [0.25, 0.3) is 11.3 Å². The number of halogens is 2. The fourth-order valence-electron chi connectivity index (χ4n) is 5.07. The number of carbonyl (C=O) groups is 2. The molecular formula is C30H34F2N6O3. The molecule has 3 aromatic rings. The van der Waals surface area contributed by atoms with Crippen molar-refractivity contribution >= 4 is 17.6 Å². The molecule has 0 atom stereocenters. The lowest BCUT2D eigenvalue weighted by Gasteiger charge is -2.31. The van der Waals surface area contributed by atoms with Gasteiger partial charge < -0.3 is 19.4 Å². The maximum absolute atomic E-state index is 13.9. The molecule has 2 aliphatic heterocycles. The van der Waals surface area contributed by atoms with Crippen molar-refractivity contribution in [2.45, 2.75) is 6.42 Å². The first-order valence-electron chi connectivity index (χ1n) is 13.9. The molecule has 0 bridgehead atoms. The van der Waals surface area contributed by atoms with E-state index in [2.05, 4.69) is 20.0 Å². The van der Waals surface area contributed by atoms with Gasteiger partial charge in [-0.25, -0.2) is 8.78 Å². The summed E-state index contributed by atoms with van der Waals surface area (Å²) < 4.78 is 32.5. The summed E-state index contributed by atoms with van der Waals surface area (Å²) in [6.07, 6.45) is 0.735. The van der Waals surface area contributed by atoms with Crippen LogP contribution in [0.4, 0.5) is 14.6 Å². The number of amides is 2. The topological polar surface area (TPSA) is 82.1 Å². The maximum atomic E-state index is 13.9. The van der Waals surface area contributed by atoms with Crippen LogP contribution < -0.4 is 4.90 Å². The van der Waals surface area contributed by atoms with E-state index in [1.165, 1.54) is 35.2 Å². The highest BCUT2D eigenvalue weighted by Crippen LogP contribution is 2.20. The average Bonchev–Trinajstić information content (AvgIpc) is 3.26. The molecule has 1 aromatic heterocycles. The lowest BCUT2D eigenvalue weighted by atomic mass is 10.1. The van der Waals surface area contributed by atoms with E-state index in [1.54, 1.807) is 23.1 Å². The second-order valence-corrected chi connectivity index (χ2v) is 10.2. The monoisotopic (exact) mass is 564 g/mol. The third-order valence-electron chi connectivity index (χ3n) is 7.44. The summed E-state index contributed by atoms with van der Waals surface area (Å²) in [5, 5.41) is 8.69. The Bertz CT molecular complexity index is 1320. The van der Waals surface area contributed by atoms with E-state index in [0.717, 1.165) is 25.1 Å². The van der Waals surface area contributed by atoms with Crippen molar-refractivity contribution in [2.75, 3.05) is 77.0 Å². The molecule has 2 aliphatic rings. The Labute approximate surface area is 238 Å². The number of ether oxygens (including phenoxy) is 1. The zero-order chi connectivity index (χ0) is 28.6. The minimum atomic E-state index is -0.489. The normalized spacial score (nSPS) is 16.3. The van der Waals surface area contributed by atoms with Crippen molar-refractivity contribution in [2.24, 2.45) is 0 Å². The van der Waals surface area contributed by atoms with Crippen LogP contribution in [0, 0.1) is 11.6 Å². The van der Waals surface area contributed by atoms with E-state index in [4.69, 9.17) is 4.74 Å². The number of anilines is 1. The second kappa shape index (κ2) is 13.6. The van der Waals surface area contributed by atoms with Gasteiger partial charge in [0.2, 0.25) is 5.91 Å². The highest BCUT2D eigenvalue weighted by Gasteiger charge is 2.26. The summed E-state index contributed by atoms with van der Waals surface area (Å²) in [6, 6.07) is 15.4. The van der Waals surface area contributed by atoms with E-state index in [0.29, 0.717) is 64.0 Å². The van der Waals surface area contributed by atoms with Gasteiger partial charge in [0.15, 0.2) is 5.82 Å². The van der Waals surface area contributed by atoms with E-state index in [-0.39, 0.29) is 29.7 Å². The predicted octanol–water partition coefficient (Wildman–Crippen LogP) is 2.94. The van der Waals surface area contributed by atoms with Crippen LogP contribution in [0.15, 0.2) is 60.7 Å². The molecule has 2 fully saturated rings. The second-order valence-electron chi connectivity index (χ2n) is 10.2. The average molecular weight is 565 g/mol. The van der Waals surface area contributed by atoms with Gasteiger partial charge in [0, 0.05) is 63.5 Å². The minimum Gasteiger partial charge on any atom is -0.379 e. The molecule has 0 aliphatic carbocycles. The van der Waals surface area contributed by atoms with Gasteiger partial charge in [0.05, 0.1) is 18.9 Å². The fraction of sp³-hybridized carbons (Fsp3) is 0.400.